The van der Waals surface area contributed by atoms with E-state index >= 15 is 0 Å². The third kappa shape index (κ3) is 8.07. The van der Waals surface area contributed by atoms with Gasteiger partial charge in [-0.25, -0.2) is 4.79 Å². The van der Waals surface area contributed by atoms with E-state index < -0.39 is 33.7 Å². The molecule has 0 aliphatic heterocycles. The van der Waals surface area contributed by atoms with E-state index in [0.717, 1.165) is 31.5 Å². The second-order valence-electron chi connectivity index (χ2n) is 15.4. The molecule has 0 bridgehead atoms. The van der Waals surface area contributed by atoms with Crippen molar-refractivity contribution in [1.29, 1.82) is 5.26 Å². The lowest BCUT2D eigenvalue weighted by Gasteiger charge is -2.63. The number of halogens is 1. The molecule has 10 nitrogen and oxygen atoms in total. The molecule has 2 fully saturated rings. The summed E-state index contributed by atoms with van der Waals surface area (Å²) in [4.78, 5) is 38.4. The zero-order valence-corrected chi connectivity index (χ0v) is 29.8. The van der Waals surface area contributed by atoms with Crippen LogP contribution in [0.5, 0.6) is 5.75 Å². The van der Waals surface area contributed by atoms with Crippen LogP contribution in [-0.4, -0.2) is 54.3 Å². The number of nitriles is 1. The number of nitrogens with zero attached hydrogens (tertiary/aromatic N) is 1. The van der Waals surface area contributed by atoms with E-state index in [0.29, 0.717) is 41.5 Å². The van der Waals surface area contributed by atoms with Crippen molar-refractivity contribution < 1.29 is 29.0 Å². The van der Waals surface area contributed by atoms with Gasteiger partial charge in [-0.15, -0.1) is 0 Å². The average molecular weight is 681 g/mol. The maximum Gasteiger partial charge on any atom is 0.333 e. The number of ether oxygens (including phenoxy) is 2. The zero-order chi connectivity index (χ0) is 35.5. The number of benzene rings is 2. The topological polar surface area (TPSA) is 150 Å². The minimum Gasteiger partial charge on any atom is -0.489 e. The molecule has 2 aliphatic carbocycles. The quantitative estimate of drug-likeness (QED) is 0.116. The Hall–Kier alpha value is -3.81. The van der Waals surface area contributed by atoms with Crippen LogP contribution in [0, 0.1) is 33.0 Å². The van der Waals surface area contributed by atoms with E-state index in [1.54, 1.807) is 18.2 Å². The van der Waals surface area contributed by atoms with Crippen molar-refractivity contribution in [2.75, 3.05) is 23.8 Å². The highest BCUT2D eigenvalue weighted by Gasteiger charge is 2.66. The van der Waals surface area contributed by atoms with Gasteiger partial charge in [-0.05, 0) is 73.9 Å². The summed E-state index contributed by atoms with van der Waals surface area (Å²) in [6.45, 7) is 14.9. The number of carbonyl (C=O) groups excluding carboxylic acids is 2. The lowest BCUT2D eigenvalue weighted by molar-refractivity contribution is -0.175. The minimum atomic E-state index is -1.10. The van der Waals surface area contributed by atoms with E-state index in [1.807, 2.05) is 78.8 Å². The molecule has 4 N–H and O–H groups in total. The summed E-state index contributed by atoms with van der Waals surface area (Å²) in [6.07, 6.45) is 2.49. The molecule has 260 valence electrons. The molecule has 1 atom stereocenters. The molecule has 2 amide bonds. The molecule has 0 radical (unpaired) electrons. The van der Waals surface area contributed by atoms with Gasteiger partial charge < -0.3 is 30.5 Å². The van der Waals surface area contributed by atoms with Gasteiger partial charge in [0.25, 0.3) is 0 Å². The first kappa shape index (κ1) is 37.0. The second-order valence-corrected chi connectivity index (χ2v) is 15.8. The van der Waals surface area contributed by atoms with Gasteiger partial charge in [-0.1, -0.05) is 60.1 Å². The number of amides is 2. The van der Waals surface area contributed by atoms with Crippen molar-refractivity contribution in [3.05, 3.63) is 53.1 Å². The minimum absolute atomic E-state index is 0.232. The van der Waals surface area contributed by atoms with Gasteiger partial charge in [0, 0.05) is 47.5 Å². The predicted octanol–water partition coefficient (Wildman–Crippen LogP) is 7.03. The molecule has 0 spiro atoms. The monoisotopic (exact) mass is 680 g/mol. The van der Waals surface area contributed by atoms with Crippen LogP contribution in [0.2, 0.25) is 5.02 Å². The first-order valence-corrected chi connectivity index (χ1v) is 17.0. The fourth-order valence-corrected chi connectivity index (χ4v) is 7.21. The van der Waals surface area contributed by atoms with Crippen LogP contribution in [-0.2, 0) is 19.1 Å². The third-order valence-electron chi connectivity index (χ3n) is 9.64. The standard InChI is InChI=1S/C37H49ClN4O6/c1-34(2,3)28(29(43)44)47-20-10-8-9-19-40-24-12-14-25(15-13-24)41-32(45)37(17-18-37)33(46)42-30-35(4,5)31(36(30,6)7)48-26-16-11-23(22-39)27(38)21-26/h11-16,21,28,30-31,40H,8-10,17-20H2,1-7H3,(H,41,45)(H,42,46)(H,43,44). The van der Waals surface area contributed by atoms with Gasteiger partial charge in [0.1, 0.15) is 23.3 Å². The lowest BCUT2D eigenvalue weighted by atomic mass is 9.49. The molecule has 1 unspecified atom stereocenters. The van der Waals surface area contributed by atoms with Crippen LogP contribution in [0.4, 0.5) is 11.4 Å². The van der Waals surface area contributed by atoms with Gasteiger partial charge in [0.2, 0.25) is 11.8 Å². The number of nitrogens with one attached hydrogen (secondary N) is 3. The Morgan fingerprint density at radius 1 is 0.979 bits per heavy atom. The molecule has 0 aromatic heterocycles. The van der Waals surface area contributed by atoms with Crippen molar-refractivity contribution in [3.63, 3.8) is 0 Å². The summed E-state index contributed by atoms with van der Waals surface area (Å²) in [5, 5.41) is 28.3. The zero-order valence-electron chi connectivity index (χ0n) is 29.0. The summed E-state index contributed by atoms with van der Waals surface area (Å²) < 4.78 is 11.9. The predicted molar refractivity (Wildman–Crippen MR) is 186 cm³/mol. The molecule has 2 aliphatic rings. The number of rotatable bonds is 15. The summed E-state index contributed by atoms with van der Waals surface area (Å²) in [5.74, 6) is -0.959. The Morgan fingerprint density at radius 3 is 2.15 bits per heavy atom. The number of anilines is 2. The summed E-state index contributed by atoms with van der Waals surface area (Å²) in [6, 6.07) is 14.2. The van der Waals surface area contributed by atoms with E-state index in [4.69, 9.17) is 26.3 Å². The highest BCUT2D eigenvalue weighted by molar-refractivity contribution is 6.31. The van der Waals surface area contributed by atoms with Crippen LogP contribution in [0.3, 0.4) is 0 Å². The number of carbonyl (C=O) groups is 3. The molecular weight excluding hydrogens is 632 g/mol. The Balaban J connectivity index is 1.23. The number of hydrogen-bond donors (Lipinski definition) is 4. The van der Waals surface area contributed by atoms with E-state index in [2.05, 4.69) is 16.0 Å². The fourth-order valence-electron chi connectivity index (χ4n) is 7.00. The second kappa shape index (κ2) is 14.4. The van der Waals surface area contributed by atoms with E-state index in [-0.39, 0.29) is 24.0 Å². The van der Waals surface area contributed by atoms with Crippen LogP contribution in [0.15, 0.2) is 42.5 Å². The smallest absolute Gasteiger partial charge is 0.333 e. The Morgan fingerprint density at radius 2 is 1.60 bits per heavy atom. The van der Waals surface area contributed by atoms with E-state index in [9.17, 15) is 19.5 Å². The van der Waals surface area contributed by atoms with Gasteiger partial charge >= 0.3 is 5.97 Å². The SMILES string of the molecule is CC(C)(C)C(OCCCCCNc1ccc(NC(=O)C2(C(=O)NC3C(C)(C)C(Oc4ccc(C#N)c(Cl)c4)C3(C)C)CC2)cc1)C(=O)O. The van der Waals surface area contributed by atoms with Crippen molar-refractivity contribution in [2.24, 2.45) is 21.7 Å². The highest BCUT2D eigenvalue weighted by atomic mass is 35.5. The Bertz CT molecular complexity index is 1520. The maximum atomic E-state index is 13.6. The highest BCUT2D eigenvalue weighted by Crippen LogP contribution is 2.57. The van der Waals surface area contributed by atoms with Crippen LogP contribution in [0.1, 0.15) is 86.1 Å². The first-order chi connectivity index (χ1) is 22.4. The number of carboxylic acids is 1. The molecular formula is C37H49ClN4O6. The molecule has 4 rings (SSSR count). The van der Waals surface area contributed by atoms with Crippen molar-refractivity contribution in [2.45, 2.75) is 98.8 Å². The van der Waals surface area contributed by atoms with E-state index in [1.165, 1.54) is 0 Å². The van der Waals surface area contributed by atoms with Crippen LogP contribution in [0.25, 0.3) is 0 Å². The van der Waals surface area contributed by atoms with Gasteiger partial charge in [0.15, 0.2) is 6.10 Å². The average Bonchev–Trinajstić information content (AvgIpc) is 3.82. The van der Waals surface area contributed by atoms with Crippen molar-refractivity contribution in [3.8, 4) is 11.8 Å². The molecule has 2 aromatic carbocycles. The van der Waals surface area contributed by atoms with Gasteiger partial charge in [-0.3, -0.25) is 9.59 Å². The lowest BCUT2D eigenvalue weighted by Crippen LogP contribution is -2.75. The molecule has 48 heavy (non-hydrogen) atoms. The molecule has 2 aromatic rings. The largest absolute Gasteiger partial charge is 0.489 e. The van der Waals surface area contributed by atoms with Crippen molar-refractivity contribution in [1.82, 2.24) is 5.32 Å². The van der Waals surface area contributed by atoms with Crippen molar-refractivity contribution >= 4 is 40.8 Å². The summed E-state index contributed by atoms with van der Waals surface area (Å²) in [7, 11) is 0. The Kier molecular flexibility index (Phi) is 11.1. The summed E-state index contributed by atoms with van der Waals surface area (Å²) in [5.41, 5.74) is -0.514. The number of hydrogen-bond acceptors (Lipinski definition) is 7. The molecule has 11 heteroatoms. The molecule has 0 saturated heterocycles. The summed E-state index contributed by atoms with van der Waals surface area (Å²) >= 11 is 6.21. The fraction of sp³-hybridized carbons (Fsp3) is 0.568. The van der Waals surface area contributed by atoms with Crippen LogP contribution < -0.4 is 20.7 Å². The van der Waals surface area contributed by atoms with Gasteiger partial charge in [0.05, 0.1) is 10.6 Å². The normalized spacial score (nSPS) is 20.7. The number of unbranched alkanes of at least 4 members (excludes halogenated alkanes) is 2. The molecule has 2 saturated carbocycles. The first-order valence-electron chi connectivity index (χ1n) is 16.6. The Labute approximate surface area is 288 Å². The third-order valence-corrected chi connectivity index (χ3v) is 9.95. The molecule has 0 heterocycles. The van der Waals surface area contributed by atoms with Crippen LogP contribution >= 0.6 is 11.6 Å². The number of aliphatic carboxylic acids is 1. The maximum absolute atomic E-state index is 13.6. The van der Waals surface area contributed by atoms with Gasteiger partial charge in [-0.2, -0.15) is 5.26 Å². The number of carboxylic acid groups (broad SMARTS) is 1.